The van der Waals surface area contributed by atoms with E-state index in [1.807, 2.05) is 56.4 Å². The summed E-state index contributed by atoms with van der Waals surface area (Å²) in [7, 11) is 16.2. The number of fused-ring (bicyclic) bond motifs is 2. The Hall–Kier alpha value is -6.63. The molecule has 2 heterocycles. The zero-order chi connectivity index (χ0) is 47.3. The molecule has 0 aliphatic carbocycles. The Morgan fingerprint density at radius 1 is 0.500 bits per heavy atom. The molecule has 1 unspecified atom stereocenters. The molecule has 0 saturated heterocycles. The molecule has 0 fully saturated rings. The number of aryl methyl sites for hydroxylation is 1. The van der Waals surface area contributed by atoms with Gasteiger partial charge >= 0.3 is 5.97 Å². The summed E-state index contributed by atoms with van der Waals surface area (Å²) < 4.78 is 9.27. The first-order valence-electron chi connectivity index (χ1n) is 22.7. The van der Waals surface area contributed by atoms with E-state index in [9.17, 15) is 0 Å². The van der Waals surface area contributed by atoms with Gasteiger partial charge < -0.3 is 51.8 Å². The van der Waals surface area contributed by atoms with Crippen LogP contribution in [0.3, 0.4) is 0 Å². The van der Waals surface area contributed by atoms with E-state index >= 15 is 4.79 Å². The SMILES string of the molecule is CCn1c(C)c(C2OC(=O)c3c(-c4ccc(N(C)C)cc4CN)c(-c4ccc(N(C)C)cc4CN)c(-c4ccc(N(C)C)cc4CN)c(-c4ccc(N(C)C)cc4CN)c32)c2ccccc21. The van der Waals surface area contributed by atoms with E-state index in [1.165, 1.54) is 0 Å². The van der Waals surface area contributed by atoms with Crippen molar-refractivity contribution < 1.29 is 9.53 Å². The van der Waals surface area contributed by atoms with E-state index in [0.717, 1.165) is 124 Å². The third-order valence-electron chi connectivity index (χ3n) is 13.5. The van der Waals surface area contributed by atoms with E-state index in [4.69, 9.17) is 27.7 Å². The third-order valence-corrected chi connectivity index (χ3v) is 13.5. The number of para-hydroxylation sites is 1. The van der Waals surface area contributed by atoms with Crippen LogP contribution < -0.4 is 42.5 Å². The lowest BCUT2D eigenvalue weighted by Crippen LogP contribution is -2.14. The van der Waals surface area contributed by atoms with Gasteiger partial charge in [-0.05, 0) is 130 Å². The average Bonchev–Trinajstić information content (AvgIpc) is 3.80. The number of ether oxygens (including phenoxy) is 1. The summed E-state index contributed by atoms with van der Waals surface area (Å²) in [4.78, 5) is 24.0. The number of hydrogen-bond acceptors (Lipinski definition) is 10. The monoisotopic (exact) mass is 884 g/mol. The predicted molar refractivity (Wildman–Crippen MR) is 277 cm³/mol. The van der Waals surface area contributed by atoms with Crippen molar-refractivity contribution in [2.24, 2.45) is 22.9 Å². The number of carbonyl (C=O) groups is 1. The van der Waals surface area contributed by atoms with Crippen LogP contribution in [-0.2, 0) is 37.5 Å². The Morgan fingerprint density at radius 3 is 1.24 bits per heavy atom. The Kier molecular flexibility index (Phi) is 12.8. The highest BCUT2D eigenvalue weighted by atomic mass is 16.5. The number of benzene rings is 6. The van der Waals surface area contributed by atoms with Crippen molar-refractivity contribution in [2.75, 3.05) is 76.0 Å². The second kappa shape index (κ2) is 18.3. The topological polar surface area (TPSA) is 148 Å². The van der Waals surface area contributed by atoms with Gasteiger partial charge in [0.2, 0.25) is 0 Å². The van der Waals surface area contributed by atoms with Crippen molar-refractivity contribution in [2.45, 2.75) is 52.7 Å². The second-order valence-corrected chi connectivity index (χ2v) is 18.1. The molecule has 8 rings (SSSR count). The summed E-state index contributed by atoms with van der Waals surface area (Å²) in [6.07, 6.45) is -0.791. The minimum Gasteiger partial charge on any atom is -0.449 e. The molecule has 0 radical (unpaired) electrons. The van der Waals surface area contributed by atoms with Crippen LogP contribution in [0.15, 0.2) is 97.1 Å². The van der Waals surface area contributed by atoms with E-state index in [-0.39, 0.29) is 26.2 Å². The van der Waals surface area contributed by atoms with Crippen LogP contribution in [0.4, 0.5) is 22.7 Å². The highest BCUT2D eigenvalue weighted by Crippen LogP contribution is 2.58. The molecule has 1 aliphatic rings. The summed E-state index contributed by atoms with van der Waals surface area (Å²) in [5, 5.41) is 1.03. The molecule has 7 aromatic rings. The first-order chi connectivity index (χ1) is 31.7. The molecule has 6 aromatic carbocycles. The molecule has 0 amide bonds. The molecular weight excluding hydrogens is 819 g/mol. The van der Waals surface area contributed by atoms with E-state index in [0.29, 0.717) is 5.56 Å². The molecule has 8 N–H and O–H groups in total. The van der Waals surface area contributed by atoms with Crippen molar-refractivity contribution in [3.05, 3.63) is 142 Å². The van der Waals surface area contributed by atoms with Gasteiger partial charge in [-0.3, -0.25) is 0 Å². The summed E-state index contributed by atoms with van der Waals surface area (Å²) in [5.41, 5.74) is 46.3. The fraction of sp³-hybridized carbons (Fsp3) is 0.291. The minimum absolute atomic E-state index is 0.224. The number of rotatable bonds is 14. The predicted octanol–water partition coefficient (Wildman–Crippen LogP) is 9.00. The number of cyclic esters (lactones) is 1. The zero-order valence-electron chi connectivity index (χ0n) is 40.2. The van der Waals surface area contributed by atoms with Gasteiger partial charge in [-0.25, -0.2) is 4.79 Å². The lowest BCUT2D eigenvalue weighted by Gasteiger charge is -2.30. The van der Waals surface area contributed by atoms with Crippen LogP contribution in [0.2, 0.25) is 0 Å². The van der Waals surface area contributed by atoms with Crippen molar-refractivity contribution in [3.63, 3.8) is 0 Å². The smallest absolute Gasteiger partial charge is 0.340 e. The Labute approximate surface area is 390 Å². The molecule has 11 heteroatoms. The number of esters is 1. The maximum absolute atomic E-state index is 15.6. The Balaban J connectivity index is 1.72. The van der Waals surface area contributed by atoms with Crippen molar-refractivity contribution in [1.82, 2.24) is 4.57 Å². The molecule has 1 aliphatic heterocycles. The minimum atomic E-state index is -0.791. The fourth-order valence-corrected chi connectivity index (χ4v) is 10.0. The molecule has 1 atom stereocenters. The lowest BCUT2D eigenvalue weighted by molar-refractivity contribution is 0.0458. The van der Waals surface area contributed by atoms with Crippen LogP contribution >= 0.6 is 0 Å². The number of anilines is 4. The van der Waals surface area contributed by atoms with Crippen LogP contribution in [0.5, 0.6) is 0 Å². The van der Waals surface area contributed by atoms with E-state index in [2.05, 4.69) is 135 Å². The van der Waals surface area contributed by atoms with Crippen molar-refractivity contribution >= 4 is 39.6 Å². The van der Waals surface area contributed by atoms with Gasteiger partial charge in [0.15, 0.2) is 6.10 Å². The lowest BCUT2D eigenvalue weighted by atomic mass is 9.73. The van der Waals surface area contributed by atoms with Gasteiger partial charge in [-0.2, -0.15) is 0 Å². The Bertz CT molecular complexity index is 3000. The first-order valence-corrected chi connectivity index (χ1v) is 22.7. The second-order valence-electron chi connectivity index (χ2n) is 18.1. The molecule has 0 spiro atoms. The summed E-state index contributed by atoms with van der Waals surface area (Å²) >= 11 is 0. The average molecular weight is 884 g/mol. The van der Waals surface area contributed by atoms with Crippen molar-refractivity contribution in [3.8, 4) is 44.5 Å². The van der Waals surface area contributed by atoms with Gasteiger partial charge in [0, 0.05) is 145 Å². The van der Waals surface area contributed by atoms with E-state index in [1.54, 1.807) is 0 Å². The van der Waals surface area contributed by atoms with Gasteiger partial charge in [0.25, 0.3) is 0 Å². The van der Waals surface area contributed by atoms with Crippen LogP contribution in [0.25, 0.3) is 55.4 Å². The van der Waals surface area contributed by atoms with Crippen LogP contribution in [-0.4, -0.2) is 66.9 Å². The first kappa shape index (κ1) is 45.9. The number of nitrogens with zero attached hydrogens (tertiary/aromatic N) is 5. The number of aromatic nitrogens is 1. The van der Waals surface area contributed by atoms with Gasteiger partial charge in [0.05, 0.1) is 5.56 Å². The highest BCUT2D eigenvalue weighted by Gasteiger charge is 2.44. The normalized spacial score (nSPS) is 13.3. The van der Waals surface area contributed by atoms with Crippen LogP contribution in [0, 0.1) is 6.92 Å². The molecule has 342 valence electrons. The highest BCUT2D eigenvalue weighted by molar-refractivity contribution is 6.15. The zero-order valence-corrected chi connectivity index (χ0v) is 40.2. The maximum atomic E-state index is 15.6. The van der Waals surface area contributed by atoms with Crippen molar-refractivity contribution in [1.29, 1.82) is 0 Å². The molecule has 11 nitrogen and oxygen atoms in total. The third kappa shape index (κ3) is 7.65. The number of carbonyl (C=O) groups excluding carboxylic acids is 1. The molecule has 0 saturated carbocycles. The quantitative estimate of drug-likeness (QED) is 0.0781. The molecule has 0 bridgehead atoms. The summed E-state index contributed by atoms with van der Waals surface area (Å²) in [6.45, 7) is 5.99. The van der Waals surface area contributed by atoms with Gasteiger partial charge in [-0.15, -0.1) is 0 Å². The van der Waals surface area contributed by atoms with E-state index < -0.39 is 12.1 Å². The maximum Gasteiger partial charge on any atom is 0.340 e. The van der Waals surface area contributed by atoms with Crippen LogP contribution in [0.1, 0.15) is 62.5 Å². The summed E-state index contributed by atoms with van der Waals surface area (Å²) in [5.74, 6) is -0.410. The Morgan fingerprint density at radius 2 is 0.864 bits per heavy atom. The molecular formula is C55H65N9O2. The number of nitrogens with two attached hydrogens (primary N) is 4. The largest absolute Gasteiger partial charge is 0.449 e. The standard InChI is InChI=1S/C55H65N9O2/c1-11-64-32(2)47(45-14-12-13-15-46(45)64)54-52-50(43-22-18-39(62(7)8)26-35(43)30-58)48(41-20-16-37(60(3)4)24-33(41)28-56)49(42-21-17-38(61(5)6)25-34(42)29-57)51(53(52)55(65)66-54)44-23-19-40(63(9)10)27-36(44)31-59/h12-27,54H,11,28-31,56-59H2,1-10H3. The summed E-state index contributed by atoms with van der Waals surface area (Å²) in [6, 6.07) is 34.1. The van der Waals surface area contributed by atoms with Gasteiger partial charge in [0.1, 0.15) is 0 Å². The fourth-order valence-electron chi connectivity index (χ4n) is 10.0. The molecule has 1 aromatic heterocycles. The number of hydrogen-bond donors (Lipinski definition) is 4. The molecule has 66 heavy (non-hydrogen) atoms. The van der Waals surface area contributed by atoms with Gasteiger partial charge in [-0.1, -0.05) is 42.5 Å².